The van der Waals surface area contributed by atoms with Crippen molar-refractivity contribution in [1.82, 2.24) is 24.3 Å². The first kappa shape index (κ1) is 26.0. The second kappa shape index (κ2) is 9.90. The van der Waals surface area contributed by atoms with Gasteiger partial charge in [-0.15, -0.1) is 0 Å². The van der Waals surface area contributed by atoms with E-state index in [0.29, 0.717) is 29.4 Å². The summed E-state index contributed by atoms with van der Waals surface area (Å²) in [6, 6.07) is 6.92. The van der Waals surface area contributed by atoms with E-state index in [2.05, 4.69) is 15.1 Å². The third kappa shape index (κ3) is 5.05. The van der Waals surface area contributed by atoms with Gasteiger partial charge in [0, 0.05) is 54.9 Å². The van der Waals surface area contributed by atoms with E-state index >= 15 is 0 Å². The van der Waals surface area contributed by atoms with Crippen molar-refractivity contribution in [1.29, 1.82) is 0 Å². The second-order valence-corrected chi connectivity index (χ2v) is 9.79. The van der Waals surface area contributed by atoms with Crippen molar-refractivity contribution in [2.24, 2.45) is 5.92 Å². The number of ketones is 1. The summed E-state index contributed by atoms with van der Waals surface area (Å²) >= 11 is 6.11. The fourth-order valence-electron chi connectivity index (χ4n) is 4.76. The van der Waals surface area contributed by atoms with Crippen LogP contribution in [0.2, 0.25) is 5.15 Å². The van der Waals surface area contributed by atoms with Crippen LogP contribution in [-0.4, -0.2) is 36.7 Å². The van der Waals surface area contributed by atoms with Crippen LogP contribution in [0.25, 0.3) is 11.1 Å². The van der Waals surface area contributed by atoms with Crippen molar-refractivity contribution in [2.45, 2.75) is 46.5 Å². The number of Topliss-reactive ketones (excluding diaryl/α,β-unsaturated/α-hetero) is 1. The third-order valence-corrected chi connectivity index (χ3v) is 6.78. The molecule has 1 unspecified atom stereocenters. The summed E-state index contributed by atoms with van der Waals surface area (Å²) in [5.41, 5.74) is 1.49. The SMILES string of the molecule is CCn1cc(-c2cc(Cn3ccnc3C)cc3c2OCC(Cc2cc(C)cc(Cl)n2)C3=O)c(C(F)(F)F)n1. The molecule has 4 heterocycles. The van der Waals surface area contributed by atoms with Gasteiger partial charge >= 0.3 is 6.18 Å². The Morgan fingerprint density at radius 2 is 1.89 bits per heavy atom. The number of ether oxygens (including phenoxy) is 1. The number of pyridine rings is 1. The van der Waals surface area contributed by atoms with Gasteiger partial charge in [-0.25, -0.2) is 9.97 Å². The van der Waals surface area contributed by atoms with Gasteiger partial charge in [0.25, 0.3) is 0 Å². The molecule has 0 bridgehead atoms. The van der Waals surface area contributed by atoms with E-state index in [1.807, 2.05) is 24.5 Å². The molecule has 0 N–H and O–H groups in total. The molecule has 0 aliphatic carbocycles. The minimum Gasteiger partial charge on any atom is -0.491 e. The van der Waals surface area contributed by atoms with Gasteiger partial charge in [-0.1, -0.05) is 11.6 Å². The van der Waals surface area contributed by atoms with Gasteiger partial charge in [-0.2, -0.15) is 18.3 Å². The first-order valence-corrected chi connectivity index (χ1v) is 12.5. The molecule has 1 aliphatic rings. The summed E-state index contributed by atoms with van der Waals surface area (Å²) in [6.07, 6.45) is 0.381. The van der Waals surface area contributed by atoms with Crippen LogP contribution in [0, 0.1) is 19.8 Å². The maximum Gasteiger partial charge on any atom is 0.435 e. The number of alkyl halides is 3. The number of benzene rings is 1. The highest BCUT2D eigenvalue weighted by Crippen LogP contribution is 2.44. The number of hydrogen-bond donors (Lipinski definition) is 0. The second-order valence-electron chi connectivity index (χ2n) is 9.40. The Labute approximate surface area is 222 Å². The molecule has 0 radical (unpaired) electrons. The Balaban J connectivity index is 1.62. The van der Waals surface area contributed by atoms with Crippen LogP contribution in [0.5, 0.6) is 5.75 Å². The van der Waals surface area contributed by atoms with Crippen molar-refractivity contribution in [3.8, 4) is 16.9 Å². The lowest BCUT2D eigenvalue weighted by atomic mass is 9.87. The lowest BCUT2D eigenvalue weighted by molar-refractivity contribution is -0.141. The first-order valence-electron chi connectivity index (χ1n) is 12.1. The number of imidazole rings is 1. The van der Waals surface area contributed by atoms with Crippen molar-refractivity contribution in [3.63, 3.8) is 0 Å². The summed E-state index contributed by atoms with van der Waals surface area (Å²) in [5.74, 6) is 0.0922. The zero-order valence-corrected chi connectivity index (χ0v) is 21.8. The number of nitrogens with zero attached hydrogens (tertiary/aromatic N) is 5. The number of rotatable bonds is 6. The molecule has 5 rings (SSSR count). The van der Waals surface area contributed by atoms with Crippen molar-refractivity contribution in [3.05, 3.63) is 81.9 Å². The molecule has 38 heavy (non-hydrogen) atoms. The molecule has 0 fully saturated rings. The Morgan fingerprint density at radius 1 is 1.13 bits per heavy atom. The monoisotopic (exact) mass is 543 g/mol. The summed E-state index contributed by atoms with van der Waals surface area (Å²) in [6.45, 7) is 6.01. The number of halogens is 4. The van der Waals surface area contributed by atoms with Gasteiger partial charge in [0.05, 0.1) is 18.1 Å². The maximum absolute atomic E-state index is 14.0. The fourth-order valence-corrected chi connectivity index (χ4v) is 5.04. The molecular weight excluding hydrogens is 519 g/mol. The van der Waals surface area contributed by atoms with Gasteiger partial charge in [-0.05, 0) is 56.2 Å². The van der Waals surface area contributed by atoms with E-state index in [9.17, 15) is 18.0 Å². The van der Waals surface area contributed by atoms with Crippen LogP contribution in [-0.2, 0) is 25.7 Å². The predicted molar refractivity (Wildman–Crippen MR) is 135 cm³/mol. The fraction of sp³-hybridized carbons (Fsp3) is 0.333. The van der Waals surface area contributed by atoms with E-state index in [4.69, 9.17) is 16.3 Å². The third-order valence-electron chi connectivity index (χ3n) is 6.58. The van der Waals surface area contributed by atoms with E-state index in [1.54, 1.807) is 37.5 Å². The zero-order chi connectivity index (χ0) is 27.2. The normalized spacial score (nSPS) is 15.4. The Kier molecular flexibility index (Phi) is 6.77. The van der Waals surface area contributed by atoms with Crippen LogP contribution in [0.3, 0.4) is 0 Å². The summed E-state index contributed by atoms with van der Waals surface area (Å²) in [4.78, 5) is 22.3. The Hall–Kier alpha value is -3.66. The quantitative estimate of drug-likeness (QED) is 0.282. The van der Waals surface area contributed by atoms with Gasteiger partial charge in [-0.3, -0.25) is 9.48 Å². The summed E-state index contributed by atoms with van der Waals surface area (Å²) in [7, 11) is 0. The topological polar surface area (TPSA) is 74.8 Å². The number of aryl methyl sites for hydroxylation is 3. The molecule has 7 nitrogen and oxygen atoms in total. The lowest BCUT2D eigenvalue weighted by Gasteiger charge is -2.27. The lowest BCUT2D eigenvalue weighted by Crippen LogP contribution is -2.30. The molecule has 1 aromatic carbocycles. The molecule has 11 heteroatoms. The number of carbonyl (C=O) groups excluding carboxylic acids is 1. The number of carbonyl (C=O) groups is 1. The van der Waals surface area contributed by atoms with E-state index in [-0.39, 0.29) is 41.4 Å². The highest BCUT2D eigenvalue weighted by molar-refractivity contribution is 6.29. The predicted octanol–water partition coefficient (Wildman–Crippen LogP) is 5.93. The van der Waals surface area contributed by atoms with Crippen LogP contribution in [0.4, 0.5) is 13.2 Å². The van der Waals surface area contributed by atoms with Crippen molar-refractivity contribution < 1.29 is 22.7 Å². The average Bonchev–Trinajstić information content (AvgIpc) is 3.46. The summed E-state index contributed by atoms with van der Waals surface area (Å²) in [5, 5.41) is 4.10. The number of fused-ring (bicyclic) bond motifs is 1. The zero-order valence-electron chi connectivity index (χ0n) is 21.0. The first-order chi connectivity index (χ1) is 18.0. The van der Waals surface area contributed by atoms with Gasteiger partial charge in [0.1, 0.15) is 16.7 Å². The highest BCUT2D eigenvalue weighted by atomic mass is 35.5. The number of aromatic nitrogens is 5. The molecule has 1 atom stereocenters. The molecule has 4 aromatic rings. The molecule has 0 saturated heterocycles. The summed E-state index contributed by atoms with van der Waals surface area (Å²) < 4.78 is 51.2. The largest absolute Gasteiger partial charge is 0.491 e. The molecule has 1 aliphatic heterocycles. The average molecular weight is 544 g/mol. The Morgan fingerprint density at radius 3 is 2.55 bits per heavy atom. The van der Waals surface area contributed by atoms with Crippen LogP contribution in [0.15, 0.2) is 42.9 Å². The molecule has 0 spiro atoms. The smallest absolute Gasteiger partial charge is 0.435 e. The van der Waals surface area contributed by atoms with Gasteiger partial charge < -0.3 is 9.30 Å². The van der Waals surface area contributed by atoms with E-state index < -0.39 is 17.8 Å². The van der Waals surface area contributed by atoms with Crippen LogP contribution >= 0.6 is 11.6 Å². The van der Waals surface area contributed by atoms with Crippen molar-refractivity contribution >= 4 is 17.4 Å². The maximum atomic E-state index is 14.0. The van der Waals surface area contributed by atoms with Gasteiger partial charge in [0.15, 0.2) is 11.5 Å². The van der Waals surface area contributed by atoms with Crippen LogP contribution in [0.1, 0.15) is 45.6 Å². The molecule has 3 aromatic heterocycles. The molecular formula is C27H25ClF3N5O2. The number of hydrogen-bond acceptors (Lipinski definition) is 5. The van der Waals surface area contributed by atoms with Gasteiger partial charge in [0.2, 0.25) is 0 Å². The van der Waals surface area contributed by atoms with E-state index in [1.165, 1.54) is 10.9 Å². The van der Waals surface area contributed by atoms with Crippen LogP contribution < -0.4 is 4.74 Å². The standard InChI is InChI=1S/C27H25ClF3N5O2/c1-4-36-13-22(26(34-36)27(29,30)31)20-9-17(12-35-6-5-32-16(35)3)10-21-24(37)18(14-38-25(20)21)11-19-7-15(2)8-23(28)33-19/h5-10,13,18H,4,11-12,14H2,1-3H3. The van der Waals surface area contributed by atoms with E-state index in [0.717, 1.165) is 11.4 Å². The molecule has 0 saturated carbocycles. The minimum atomic E-state index is -4.68. The molecule has 198 valence electrons. The minimum absolute atomic E-state index is 0.00924. The molecule has 0 amide bonds. The van der Waals surface area contributed by atoms with Crippen molar-refractivity contribution in [2.75, 3.05) is 6.61 Å². The Bertz CT molecular complexity index is 1510. The highest BCUT2D eigenvalue weighted by Gasteiger charge is 2.40.